The summed E-state index contributed by atoms with van der Waals surface area (Å²) < 4.78 is 1.67. The molecule has 1 aromatic rings. The Morgan fingerprint density at radius 2 is 2.46 bits per heavy atom. The number of pyridine rings is 1. The number of hydrogen-bond donors (Lipinski definition) is 0. The Hall–Kier alpha value is -0.650. The molecule has 0 radical (unpaired) electrons. The third-order valence-corrected chi connectivity index (χ3v) is 2.85. The molecular formula is C9H11IN2O. The number of amides is 1. The zero-order valence-corrected chi connectivity index (χ0v) is 9.56. The molecule has 0 saturated heterocycles. The van der Waals surface area contributed by atoms with Crippen LogP contribution in [0, 0.1) is 0 Å². The van der Waals surface area contributed by atoms with Crippen LogP contribution < -0.4 is 0 Å². The minimum absolute atomic E-state index is 0.121. The third kappa shape index (κ3) is 3.30. The molecule has 0 aromatic carbocycles. The molecular weight excluding hydrogens is 279 g/mol. The molecule has 1 heterocycles. The molecule has 0 bridgehead atoms. The highest BCUT2D eigenvalue weighted by Gasteiger charge is 2.08. The predicted octanol–water partition coefficient (Wildman–Crippen LogP) is 1.82. The Labute approximate surface area is 91.7 Å². The van der Waals surface area contributed by atoms with Crippen molar-refractivity contribution in [1.82, 2.24) is 8.10 Å². The number of carbonyl (C=O) groups is 1. The fourth-order valence-corrected chi connectivity index (χ4v) is 1.11. The van der Waals surface area contributed by atoms with Crippen LogP contribution in [-0.2, 0) is 11.2 Å². The number of nitrogens with zero attached hydrogens (tertiary/aromatic N) is 2. The minimum atomic E-state index is 0.121. The van der Waals surface area contributed by atoms with E-state index in [1.807, 2.05) is 41.9 Å². The van der Waals surface area contributed by atoms with Gasteiger partial charge in [0.15, 0.2) is 0 Å². The lowest BCUT2D eigenvalue weighted by atomic mass is 10.2. The van der Waals surface area contributed by atoms with E-state index in [0.29, 0.717) is 6.42 Å². The Bertz CT molecular complexity index is 276. The van der Waals surface area contributed by atoms with Gasteiger partial charge in [0, 0.05) is 18.9 Å². The van der Waals surface area contributed by atoms with Gasteiger partial charge >= 0.3 is 0 Å². The van der Waals surface area contributed by atoms with Crippen LogP contribution in [0.15, 0.2) is 24.5 Å². The van der Waals surface area contributed by atoms with E-state index in [0.717, 1.165) is 12.1 Å². The minimum Gasteiger partial charge on any atom is -0.285 e. The summed E-state index contributed by atoms with van der Waals surface area (Å²) in [6.45, 7) is 2.69. The number of aromatic nitrogens is 1. The highest BCUT2D eigenvalue weighted by atomic mass is 127. The van der Waals surface area contributed by atoms with E-state index in [-0.39, 0.29) is 5.91 Å². The molecule has 1 aromatic heterocycles. The molecule has 4 heteroatoms. The van der Waals surface area contributed by atoms with E-state index in [2.05, 4.69) is 4.98 Å². The maximum Gasteiger partial charge on any atom is 0.235 e. The standard InChI is InChI=1S/C9H11IN2O/c1-2-12(10)9(13)6-8-4-3-5-11-7-8/h3-5,7H,2,6H2,1H3. The molecule has 3 nitrogen and oxygen atoms in total. The van der Waals surface area contributed by atoms with Crippen LogP contribution in [-0.4, -0.2) is 20.5 Å². The van der Waals surface area contributed by atoms with Crippen molar-refractivity contribution in [3.63, 3.8) is 0 Å². The van der Waals surface area contributed by atoms with Gasteiger partial charge in [0.2, 0.25) is 5.91 Å². The molecule has 0 saturated carbocycles. The van der Waals surface area contributed by atoms with Gasteiger partial charge in [0.1, 0.15) is 0 Å². The van der Waals surface area contributed by atoms with Crippen LogP contribution >= 0.6 is 22.9 Å². The maximum absolute atomic E-state index is 11.4. The number of hydrogen-bond acceptors (Lipinski definition) is 2. The normalized spacial score (nSPS) is 9.69. The van der Waals surface area contributed by atoms with Crippen LogP contribution in [0.25, 0.3) is 0 Å². The summed E-state index contributed by atoms with van der Waals surface area (Å²) in [7, 11) is 0. The van der Waals surface area contributed by atoms with Crippen molar-refractivity contribution in [2.24, 2.45) is 0 Å². The topological polar surface area (TPSA) is 33.2 Å². The lowest BCUT2D eigenvalue weighted by Crippen LogP contribution is -2.22. The number of halogens is 1. The molecule has 1 amide bonds. The van der Waals surface area contributed by atoms with Crippen LogP contribution in [0.5, 0.6) is 0 Å². The van der Waals surface area contributed by atoms with Gasteiger partial charge in [-0.15, -0.1) is 0 Å². The van der Waals surface area contributed by atoms with Gasteiger partial charge in [-0.25, -0.2) is 0 Å². The van der Waals surface area contributed by atoms with Gasteiger partial charge in [-0.3, -0.25) is 12.9 Å². The summed E-state index contributed by atoms with van der Waals surface area (Å²) in [5.41, 5.74) is 0.961. The van der Waals surface area contributed by atoms with E-state index in [1.165, 1.54) is 0 Å². The second-order valence-corrected chi connectivity index (χ2v) is 3.77. The highest BCUT2D eigenvalue weighted by Crippen LogP contribution is 2.04. The first-order chi connectivity index (χ1) is 6.24. The number of carbonyl (C=O) groups excluding carboxylic acids is 1. The van der Waals surface area contributed by atoms with E-state index in [9.17, 15) is 4.79 Å². The maximum atomic E-state index is 11.4. The molecule has 0 atom stereocenters. The Balaban J connectivity index is 2.55. The SMILES string of the molecule is CCN(I)C(=O)Cc1cccnc1. The van der Waals surface area contributed by atoms with Gasteiger partial charge < -0.3 is 0 Å². The van der Waals surface area contributed by atoms with E-state index < -0.39 is 0 Å². The van der Waals surface area contributed by atoms with Crippen molar-refractivity contribution in [3.05, 3.63) is 30.1 Å². The third-order valence-electron chi connectivity index (χ3n) is 1.63. The predicted molar refractivity (Wildman–Crippen MR) is 59.3 cm³/mol. The van der Waals surface area contributed by atoms with Crippen LogP contribution in [0.1, 0.15) is 12.5 Å². The summed E-state index contributed by atoms with van der Waals surface area (Å²) in [4.78, 5) is 15.4. The summed E-state index contributed by atoms with van der Waals surface area (Å²) in [6.07, 6.45) is 3.86. The van der Waals surface area contributed by atoms with Crippen LogP contribution in [0.4, 0.5) is 0 Å². The van der Waals surface area contributed by atoms with Crippen LogP contribution in [0.3, 0.4) is 0 Å². The molecule has 13 heavy (non-hydrogen) atoms. The molecule has 0 fully saturated rings. The molecule has 0 spiro atoms. The van der Waals surface area contributed by atoms with Crippen molar-refractivity contribution < 1.29 is 4.79 Å². The largest absolute Gasteiger partial charge is 0.285 e. The fraction of sp³-hybridized carbons (Fsp3) is 0.333. The fourth-order valence-electron chi connectivity index (χ4n) is 0.939. The van der Waals surface area contributed by atoms with E-state index >= 15 is 0 Å². The molecule has 0 unspecified atom stereocenters. The molecule has 0 N–H and O–H groups in total. The van der Waals surface area contributed by atoms with Gasteiger partial charge in [0.25, 0.3) is 0 Å². The molecule has 70 valence electrons. The number of likely N-dealkylation sites (N-methyl/N-ethyl adjacent to an activating group) is 1. The lowest BCUT2D eigenvalue weighted by Gasteiger charge is -2.10. The Morgan fingerprint density at radius 1 is 1.69 bits per heavy atom. The second kappa shape index (κ2) is 5.16. The molecule has 0 aliphatic heterocycles. The van der Waals surface area contributed by atoms with Crippen molar-refractivity contribution in [2.75, 3.05) is 6.54 Å². The summed E-state index contributed by atoms with van der Waals surface area (Å²) in [5.74, 6) is 0.121. The van der Waals surface area contributed by atoms with E-state index in [4.69, 9.17) is 0 Å². The first kappa shape index (κ1) is 10.4. The molecule has 1 rings (SSSR count). The summed E-state index contributed by atoms with van der Waals surface area (Å²) >= 11 is 2.02. The van der Waals surface area contributed by atoms with E-state index in [1.54, 1.807) is 15.5 Å². The zero-order valence-electron chi connectivity index (χ0n) is 7.40. The zero-order chi connectivity index (χ0) is 9.68. The van der Waals surface area contributed by atoms with Gasteiger partial charge in [-0.1, -0.05) is 6.07 Å². The van der Waals surface area contributed by atoms with Crippen molar-refractivity contribution in [1.29, 1.82) is 0 Å². The van der Waals surface area contributed by atoms with Crippen LogP contribution in [0.2, 0.25) is 0 Å². The first-order valence-electron chi connectivity index (χ1n) is 4.09. The lowest BCUT2D eigenvalue weighted by molar-refractivity contribution is -0.124. The van der Waals surface area contributed by atoms with Gasteiger partial charge in [-0.05, 0) is 18.6 Å². The molecule has 0 aliphatic rings. The quantitative estimate of drug-likeness (QED) is 0.628. The smallest absolute Gasteiger partial charge is 0.235 e. The Morgan fingerprint density at radius 3 is 3.00 bits per heavy atom. The summed E-state index contributed by atoms with van der Waals surface area (Å²) in [5, 5.41) is 0. The monoisotopic (exact) mass is 290 g/mol. The summed E-state index contributed by atoms with van der Waals surface area (Å²) in [6, 6.07) is 3.75. The van der Waals surface area contributed by atoms with Crippen molar-refractivity contribution in [2.45, 2.75) is 13.3 Å². The number of rotatable bonds is 3. The average molecular weight is 290 g/mol. The Kier molecular flexibility index (Phi) is 4.14. The van der Waals surface area contributed by atoms with Gasteiger partial charge in [-0.2, -0.15) is 0 Å². The first-order valence-corrected chi connectivity index (χ1v) is 5.05. The highest BCUT2D eigenvalue weighted by molar-refractivity contribution is 14.1. The average Bonchev–Trinajstić information content (AvgIpc) is 2.18. The van der Waals surface area contributed by atoms with Crippen molar-refractivity contribution >= 4 is 28.8 Å². The second-order valence-electron chi connectivity index (χ2n) is 2.61. The molecule has 0 aliphatic carbocycles. The van der Waals surface area contributed by atoms with Gasteiger partial charge in [0.05, 0.1) is 29.3 Å². The van der Waals surface area contributed by atoms with Crippen molar-refractivity contribution in [3.8, 4) is 0 Å².